The molecule has 0 aliphatic carbocycles. The molecule has 1 aromatic heterocycles. The number of aryl methyl sites for hydroxylation is 1. The quantitative estimate of drug-likeness (QED) is 0.470. The average Bonchev–Trinajstić information content (AvgIpc) is 2.15. The van der Waals surface area contributed by atoms with Crippen molar-refractivity contribution in [1.29, 1.82) is 0 Å². The molecule has 0 amide bonds. The third kappa shape index (κ3) is 0.833. The van der Waals surface area contributed by atoms with Gasteiger partial charge in [-0.1, -0.05) is 0 Å². The van der Waals surface area contributed by atoms with Gasteiger partial charge in [0.15, 0.2) is 0 Å². The lowest BCUT2D eigenvalue weighted by Crippen LogP contribution is -2.26. The minimum atomic E-state index is -0.294. The number of rotatable bonds is 1. The molecular weight excluding hydrogens is 122 g/mol. The largest absolute Gasteiger partial charge is 0.364 e. The molecule has 0 saturated carbocycles. The highest BCUT2D eigenvalue weighted by atomic mass is 16.2. The molecule has 0 fully saturated rings. The minimum Gasteiger partial charge on any atom is -0.312 e. The van der Waals surface area contributed by atoms with E-state index in [9.17, 15) is 4.79 Å². The fourth-order valence-corrected chi connectivity index (χ4v) is 0.466. The predicted octanol–water partition coefficient (Wildman–Crippen LogP) is -2.11. The van der Waals surface area contributed by atoms with Crippen LogP contribution in [0.4, 0.5) is 0 Å². The molecule has 1 heterocycles. The highest BCUT2D eigenvalue weighted by molar-refractivity contribution is 4.52. The van der Waals surface area contributed by atoms with Crippen LogP contribution < -0.4 is 11.4 Å². The van der Waals surface area contributed by atoms with Crippen molar-refractivity contribution in [2.75, 3.05) is 0 Å². The smallest absolute Gasteiger partial charge is 0.312 e. The second kappa shape index (κ2) is 1.98. The summed E-state index contributed by atoms with van der Waals surface area (Å²) in [6, 6.07) is 0. The molecule has 0 bridgehead atoms. The first kappa shape index (κ1) is 5.96. The van der Waals surface area contributed by atoms with Crippen molar-refractivity contribution in [2.24, 2.45) is 12.8 Å². The van der Waals surface area contributed by atoms with Crippen LogP contribution in [0, 0.1) is 0 Å². The van der Waals surface area contributed by atoms with Crippen molar-refractivity contribution < 1.29 is 0 Å². The maximum Gasteiger partial charge on any atom is 0.364 e. The Labute approximate surface area is 50.9 Å². The van der Waals surface area contributed by atoms with E-state index >= 15 is 0 Å². The Hall–Kier alpha value is -1.17. The van der Waals surface area contributed by atoms with Gasteiger partial charge in [0.25, 0.3) is 0 Å². The number of nitrogens with zero attached hydrogens (tertiary/aromatic N) is 4. The van der Waals surface area contributed by atoms with E-state index < -0.39 is 0 Å². The van der Waals surface area contributed by atoms with Crippen molar-refractivity contribution in [3.8, 4) is 0 Å². The Kier molecular flexibility index (Phi) is 1.31. The summed E-state index contributed by atoms with van der Waals surface area (Å²) in [4.78, 5) is 10.7. The lowest BCUT2D eigenvalue weighted by Gasteiger charge is -1.84. The molecule has 2 N–H and O–H groups in total. The summed E-state index contributed by atoms with van der Waals surface area (Å²) >= 11 is 0. The van der Waals surface area contributed by atoms with Crippen LogP contribution in [0.15, 0.2) is 4.79 Å². The standard InChI is InChI=1S/C3H7N5O/c1-7-3(9)8(2-4)6-5-7/h2,4H2,1H3. The van der Waals surface area contributed by atoms with Gasteiger partial charge in [-0.05, 0) is 10.4 Å². The van der Waals surface area contributed by atoms with Crippen LogP contribution in [-0.2, 0) is 13.7 Å². The molecule has 0 saturated heterocycles. The van der Waals surface area contributed by atoms with Gasteiger partial charge in [0.05, 0.1) is 6.67 Å². The molecule has 50 valence electrons. The molecule has 0 aliphatic rings. The summed E-state index contributed by atoms with van der Waals surface area (Å²) in [6.45, 7) is 0.0761. The molecule has 9 heavy (non-hydrogen) atoms. The summed E-state index contributed by atoms with van der Waals surface area (Å²) in [7, 11) is 1.52. The Morgan fingerprint density at radius 1 is 1.67 bits per heavy atom. The van der Waals surface area contributed by atoms with Crippen molar-refractivity contribution >= 4 is 0 Å². The van der Waals surface area contributed by atoms with Crippen LogP contribution >= 0.6 is 0 Å². The van der Waals surface area contributed by atoms with E-state index in [-0.39, 0.29) is 12.4 Å². The fourth-order valence-electron chi connectivity index (χ4n) is 0.466. The first-order valence-corrected chi connectivity index (χ1v) is 2.42. The molecule has 1 rings (SSSR count). The highest BCUT2D eigenvalue weighted by Gasteiger charge is 1.97. The maximum atomic E-state index is 10.7. The molecule has 6 heteroatoms. The Morgan fingerprint density at radius 2 is 2.33 bits per heavy atom. The maximum absolute atomic E-state index is 10.7. The number of hydrogen-bond donors (Lipinski definition) is 1. The van der Waals surface area contributed by atoms with E-state index in [1.807, 2.05) is 0 Å². The van der Waals surface area contributed by atoms with Crippen LogP contribution in [0.1, 0.15) is 0 Å². The summed E-state index contributed by atoms with van der Waals surface area (Å²) in [6.07, 6.45) is 0. The third-order valence-corrected chi connectivity index (χ3v) is 0.953. The molecule has 0 aliphatic heterocycles. The average molecular weight is 129 g/mol. The lowest BCUT2D eigenvalue weighted by atomic mass is 11.0. The summed E-state index contributed by atoms with van der Waals surface area (Å²) < 4.78 is 2.19. The summed E-state index contributed by atoms with van der Waals surface area (Å²) in [5.74, 6) is 0. The second-order valence-corrected chi connectivity index (χ2v) is 1.57. The van der Waals surface area contributed by atoms with Crippen molar-refractivity contribution in [3.05, 3.63) is 10.5 Å². The molecule has 0 atom stereocenters. The molecule has 0 aromatic carbocycles. The zero-order valence-corrected chi connectivity index (χ0v) is 4.98. The van der Waals surface area contributed by atoms with E-state index in [1.54, 1.807) is 0 Å². The zero-order valence-electron chi connectivity index (χ0n) is 4.98. The van der Waals surface area contributed by atoms with E-state index in [4.69, 9.17) is 5.73 Å². The number of aromatic nitrogens is 4. The normalized spacial score (nSPS) is 10.0. The molecule has 0 spiro atoms. The fraction of sp³-hybridized carbons (Fsp3) is 0.667. The van der Waals surface area contributed by atoms with Gasteiger partial charge in [0, 0.05) is 7.05 Å². The lowest BCUT2D eigenvalue weighted by molar-refractivity contribution is 0.592. The first-order valence-electron chi connectivity index (χ1n) is 2.42. The SMILES string of the molecule is Cn1nnn(CN)c1=O. The van der Waals surface area contributed by atoms with Gasteiger partial charge in [-0.15, -0.1) is 0 Å². The van der Waals surface area contributed by atoms with Crippen molar-refractivity contribution in [3.63, 3.8) is 0 Å². The molecular formula is C3H7N5O. The molecule has 0 unspecified atom stereocenters. The monoisotopic (exact) mass is 129 g/mol. The Morgan fingerprint density at radius 3 is 2.56 bits per heavy atom. The van der Waals surface area contributed by atoms with Crippen LogP contribution in [0.25, 0.3) is 0 Å². The second-order valence-electron chi connectivity index (χ2n) is 1.57. The van der Waals surface area contributed by atoms with E-state index in [0.717, 1.165) is 9.36 Å². The van der Waals surface area contributed by atoms with E-state index in [0.29, 0.717) is 0 Å². The molecule has 1 aromatic rings. The number of nitrogens with two attached hydrogens (primary N) is 1. The Balaban J connectivity index is 3.20. The van der Waals surface area contributed by atoms with Gasteiger partial charge >= 0.3 is 5.69 Å². The number of tetrazole rings is 1. The van der Waals surface area contributed by atoms with Gasteiger partial charge in [0.2, 0.25) is 0 Å². The van der Waals surface area contributed by atoms with Crippen LogP contribution in [-0.4, -0.2) is 19.8 Å². The van der Waals surface area contributed by atoms with Gasteiger partial charge in [-0.3, -0.25) is 0 Å². The van der Waals surface area contributed by atoms with Gasteiger partial charge in [-0.25, -0.2) is 4.79 Å². The minimum absolute atomic E-state index is 0.0761. The number of hydrogen-bond acceptors (Lipinski definition) is 4. The Bertz CT molecular complexity index is 247. The first-order chi connectivity index (χ1) is 4.25. The topological polar surface area (TPSA) is 78.7 Å². The van der Waals surface area contributed by atoms with Gasteiger partial charge in [-0.2, -0.15) is 9.36 Å². The molecule has 6 nitrogen and oxygen atoms in total. The van der Waals surface area contributed by atoms with Crippen molar-refractivity contribution in [2.45, 2.75) is 6.67 Å². The van der Waals surface area contributed by atoms with Crippen LogP contribution in [0.3, 0.4) is 0 Å². The van der Waals surface area contributed by atoms with Crippen molar-refractivity contribution in [1.82, 2.24) is 19.8 Å². The van der Waals surface area contributed by atoms with E-state index in [1.165, 1.54) is 7.05 Å². The summed E-state index contributed by atoms with van der Waals surface area (Å²) in [5.41, 5.74) is 4.82. The van der Waals surface area contributed by atoms with E-state index in [2.05, 4.69) is 10.4 Å². The predicted molar refractivity (Wildman–Crippen MR) is 29.5 cm³/mol. The van der Waals surface area contributed by atoms with Crippen LogP contribution in [0.2, 0.25) is 0 Å². The van der Waals surface area contributed by atoms with Gasteiger partial charge < -0.3 is 5.73 Å². The highest BCUT2D eigenvalue weighted by Crippen LogP contribution is 1.61. The van der Waals surface area contributed by atoms with Gasteiger partial charge in [0.1, 0.15) is 0 Å². The molecule has 0 radical (unpaired) electrons. The summed E-state index contributed by atoms with van der Waals surface area (Å²) in [5, 5.41) is 6.85. The third-order valence-electron chi connectivity index (χ3n) is 0.953. The zero-order chi connectivity index (χ0) is 6.85. The van der Waals surface area contributed by atoms with Crippen LogP contribution in [0.5, 0.6) is 0 Å².